The first-order valence-corrected chi connectivity index (χ1v) is 4.26. The third-order valence-corrected chi connectivity index (χ3v) is 2.30. The van der Waals surface area contributed by atoms with Crippen LogP contribution in [0.1, 0.15) is 12.5 Å². The van der Waals surface area contributed by atoms with E-state index in [9.17, 15) is 0 Å². The van der Waals surface area contributed by atoms with E-state index in [1.807, 2.05) is 19.1 Å². The van der Waals surface area contributed by atoms with Gasteiger partial charge in [0.25, 0.3) is 0 Å². The van der Waals surface area contributed by atoms with Crippen LogP contribution in [-0.4, -0.2) is 5.16 Å². The number of benzene rings is 1. The molecule has 1 aromatic carbocycles. The molecule has 1 heterocycles. The van der Waals surface area contributed by atoms with Crippen LogP contribution in [0.2, 0.25) is 5.02 Å². The van der Waals surface area contributed by atoms with Crippen LogP contribution in [-0.2, 0) is 0 Å². The zero-order valence-electron chi connectivity index (χ0n) is 7.17. The van der Waals surface area contributed by atoms with Gasteiger partial charge in [-0.15, -0.1) is 0 Å². The van der Waals surface area contributed by atoms with E-state index in [2.05, 4.69) is 11.7 Å². The smallest absolute Gasteiger partial charge is 0.186 e. The summed E-state index contributed by atoms with van der Waals surface area (Å²) in [6.07, 6.45) is 1.64. The van der Waals surface area contributed by atoms with E-state index in [1.54, 1.807) is 6.20 Å². The molecule has 0 N–H and O–H groups in total. The molecule has 0 bridgehead atoms. The van der Waals surface area contributed by atoms with Crippen molar-refractivity contribution in [3.05, 3.63) is 35.5 Å². The number of hydrogen-bond donors (Lipinski definition) is 0. The molecule has 0 aliphatic carbocycles. The molecule has 2 nitrogen and oxygen atoms in total. The van der Waals surface area contributed by atoms with Crippen molar-refractivity contribution in [1.29, 1.82) is 0 Å². The zero-order chi connectivity index (χ0) is 9.42. The molecule has 1 aromatic heterocycles. The lowest BCUT2D eigenvalue weighted by Gasteiger charge is -2.01. The van der Waals surface area contributed by atoms with Crippen LogP contribution < -0.4 is 0 Å². The number of fused-ring (bicyclic) bond motifs is 1. The fourth-order valence-electron chi connectivity index (χ4n) is 1.23. The van der Waals surface area contributed by atoms with Crippen LogP contribution in [0.15, 0.2) is 29.4 Å². The van der Waals surface area contributed by atoms with Gasteiger partial charge >= 0.3 is 0 Å². The Kier molecular flexibility index (Phi) is 1.85. The maximum Gasteiger partial charge on any atom is 0.186 e. The number of nitrogens with zero attached hydrogens (tertiary/aromatic N) is 1. The average molecular weight is 194 g/mol. The van der Waals surface area contributed by atoms with E-state index < -0.39 is 0 Å². The van der Waals surface area contributed by atoms with Crippen molar-refractivity contribution in [1.82, 2.24) is 5.16 Å². The number of hydrogen-bond acceptors (Lipinski definition) is 2. The van der Waals surface area contributed by atoms with Crippen molar-refractivity contribution in [2.45, 2.75) is 6.92 Å². The molecule has 0 aliphatic rings. The number of aromatic nitrogens is 1. The molecule has 2 rings (SSSR count). The van der Waals surface area contributed by atoms with E-state index in [0.717, 1.165) is 16.5 Å². The fourth-order valence-corrected chi connectivity index (χ4v) is 1.60. The molecule has 2 aromatic rings. The summed E-state index contributed by atoms with van der Waals surface area (Å²) in [5, 5.41) is 5.17. The monoisotopic (exact) mass is 193 g/mol. The van der Waals surface area contributed by atoms with Gasteiger partial charge in [0, 0.05) is 5.39 Å². The molecule has 0 saturated carbocycles. The third kappa shape index (κ3) is 1.23. The van der Waals surface area contributed by atoms with Crippen molar-refractivity contribution in [3.63, 3.8) is 0 Å². The van der Waals surface area contributed by atoms with Gasteiger partial charge in [0.05, 0.1) is 11.2 Å². The van der Waals surface area contributed by atoms with Crippen LogP contribution in [0.5, 0.6) is 0 Å². The number of halogens is 1. The Labute approximate surface area is 80.8 Å². The first-order valence-electron chi connectivity index (χ1n) is 3.89. The molecular formula is C10H8ClNO. The second-order valence-corrected chi connectivity index (χ2v) is 3.33. The van der Waals surface area contributed by atoms with Crippen LogP contribution in [0.25, 0.3) is 16.5 Å². The molecule has 66 valence electrons. The number of rotatable bonds is 1. The topological polar surface area (TPSA) is 26.0 Å². The standard InChI is InChI=1S/C10H8ClNO/c1-6(2)8-4-3-7-5-12-13-10(7)9(8)11/h3-5H,1H2,2H3. The van der Waals surface area contributed by atoms with Crippen LogP contribution in [0.4, 0.5) is 0 Å². The summed E-state index contributed by atoms with van der Waals surface area (Å²) in [6.45, 7) is 5.74. The molecule has 0 spiro atoms. The Morgan fingerprint density at radius 2 is 2.31 bits per heavy atom. The predicted octanol–water partition coefficient (Wildman–Crippen LogP) is 3.51. The Balaban J connectivity index is 2.80. The van der Waals surface area contributed by atoms with Gasteiger partial charge in [0.1, 0.15) is 0 Å². The van der Waals surface area contributed by atoms with Crippen molar-refractivity contribution >= 4 is 28.1 Å². The lowest BCUT2D eigenvalue weighted by Crippen LogP contribution is -1.79. The van der Waals surface area contributed by atoms with Crippen LogP contribution >= 0.6 is 11.6 Å². The van der Waals surface area contributed by atoms with Crippen molar-refractivity contribution in [2.75, 3.05) is 0 Å². The highest BCUT2D eigenvalue weighted by molar-refractivity contribution is 6.36. The highest BCUT2D eigenvalue weighted by atomic mass is 35.5. The molecule has 3 heteroatoms. The summed E-state index contributed by atoms with van der Waals surface area (Å²) in [4.78, 5) is 0. The van der Waals surface area contributed by atoms with E-state index in [1.165, 1.54) is 0 Å². The minimum absolute atomic E-state index is 0.586. The SMILES string of the molecule is C=C(C)c1ccc2cnoc2c1Cl. The normalized spacial score (nSPS) is 10.6. The average Bonchev–Trinajstić information content (AvgIpc) is 2.52. The van der Waals surface area contributed by atoms with Crippen LogP contribution in [0, 0.1) is 0 Å². The first kappa shape index (κ1) is 8.32. The Morgan fingerprint density at radius 1 is 1.54 bits per heavy atom. The molecule has 0 fully saturated rings. The summed E-state index contributed by atoms with van der Waals surface area (Å²) in [5.74, 6) is 0. The molecular weight excluding hydrogens is 186 g/mol. The van der Waals surface area contributed by atoms with Gasteiger partial charge in [-0.3, -0.25) is 0 Å². The van der Waals surface area contributed by atoms with E-state index >= 15 is 0 Å². The summed E-state index contributed by atoms with van der Waals surface area (Å²) in [7, 11) is 0. The highest BCUT2D eigenvalue weighted by Gasteiger charge is 2.08. The lowest BCUT2D eigenvalue weighted by molar-refractivity contribution is 0.456. The summed E-state index contributed by atoms with van der Waals surface area (Å²) < 4.78 is 5.02. The molecule has 0 amide bonds. The fraction of sp³-hybridized carbons (Fsp3) is 0.100. The Hall–Kier alpha value is -1.28. The van der Waals surface area contributed by atoms with Gasteiger partial charge in [0.2, 0.25) is 0 Å². The molecule has 13 heavy (non-hydrogen) atoms. The second kappa shape index (κ2) is 2.89. The van der Waals surface area contributed by atoms with E-state index in [-0.39, 0.29) is 0 Å². The maximum atomic E-state index is 6.08. The minimum atomic E-state index is 0.586. The first-order chi connectivity index (χ1) is 6.20. The predicted molar refractivity (Wildman–Crippen MR) is 53.7 cm³/mol. The molecule has 0 saturated heterocycles. The molecule has 0 aliphatic heterocycles. The molecule has 0 unspecified atom stereocenters. The summed E-state index contributed by atoms with van der Waals surface area (Å²) in [5.41, 5.74) is 2.45. The summed E-state index contributed by atoms with van der Waals surface area (Å²) >= 11 is 6.08. The van der Waals surface area contributed by atoms with Crippen molar-refractivity contribution < 1.29 is 4.52 Å². The third-order valence-electron chi connectivity index (χ3n) is 1.92. The van der Waals surface area contributed by atoms with Crippen LogP contribution in [0.3, 0.4) is 0 Å². The minimum Gasteiger partial charge on any atom is -0.355 e. The number of allylic oxidation sites excluding steroid dienone is 1. The maximum absolute atomic E-state index is 6.08. The quantitative estimate of drug-likeness (QED) is 0.693. The highest BCUT2D eigenvalue weighted by Crippen LogP contribution is 2.30. The van der Waals surface area contributed by atoms with Gasteiger partial charge in [-0.25, -0.2) is 0 Å². The zero-order valence-corrected chi connectivity index (χ0v) is 7.93. The second-order valence-electron chi connectivity index (χ2n) is 2.95. The summed E-state index contributed by atoms with van der Waals surface area (Å²) in [6, 6.07) is 3.84. The van der Waals surface area contributed by atoms with Gasteiger partial charge < -0.3 is 4.52 Å². The molecule has 0 radical (unpaired) electrons. The Bertz CT molecular complexity index is 473. The van der Waals surface area contributed by atoms with E-state index in [4.69, 9.17) is 16.1 Å². The van der Waals surface area contributed by atoms with Crippen molar-refractivity contribution in [2.24, 2.45) is 0 Å². The van der Waals surface area contributed by atoms with Gasteiger partial charge in [-0.2, -0.15) is 0 Å². The van der Waals surface area contributed by atoms with Gasteiger partial charge in [-0.05, 0) is 24.1 Å². The Morgan fingerprint density at radius 3 is 3.00 bits per heavy atom. The largest absolute Gasteiger partial charge is 0.355 e. The lowest BCUT2D eigenvalue weighted by atomic mass is 10.1. The van der Waals surface area contributed by atoms with Gasteiger partial charge in [0.15, 0.2) is 5.58 Å². The molecule has 0 atom stereocenters. The van der Waals surface area contributed by atoms with Gasteiger partial charge in [-0.1, -0.05) is 29.4 Å². The van der Waals surface area contributed by atoms with Crippen molar-refractivity contribution in [3.8, 4) is 0 Å². The van der Waals surface area contributed by atoms with E-state index in [0.29, 0.717) is 10.6 Å².